The fraction of sp³-hybridized carbons (Fsp3) is 0.182. The average molecular weight is 200 g/mol. The van der Waals surface area contributed by atoms with Crippen LogP contribution in [0.1, 0.15) is 11.5 Å². The third kappa shape index (κ3) is 1.79. The largest absolute Gasteiger partial charge is 0.397 e. The number of nitrogen functional groups attached to an aromatic ring is 1. The molecule has 2 N–H and O–H groups in total. The summed E-state index contributed by atoms with van der Waals surface area (Å²) < 4.78 is 0. The van der Waals surface area contributed by atoms with Crippen LogP contribution in [0.5, 0.6) is 0 Å². The smallest absolute Gasteiger partial charge is 0.125 e. The second kappa shape index (κ2) is 3.65. The summed E-state index contributed by atoms with van der Waals surface area (Å²) in [6.07, 6.45) is 5.14. The van der Waals surface area contributed by atoms with E-state index in [-0.39, 0.29) is 0 Å². The van der Waals surface area contributed by atoms with Crippen molar-refractivity contribution in [1.82, 2.24) is 15.0 Å². The summed E-state index contributed by atoms with van der Waals surface area (Å²) in [4.78, 5) is 12.4. The Morgan fingerprint density at radius 1 is 1.13 bits per heavy atom. The van der Waals surface area contributed by atoms with Gasteiger partial charge in [0.15, 0.2) is 0 Å². The molecule has 2 aromatic heterocycles. The standard InChI is InChI=1S/C11H12N4/c1-7-10(5-14-8(2)15-7)9-3-4-13-6-11(9)12/h3-6H,12H2,1-2H3. The molecule has 0 radical (unpaired) electrons. The zero-order valence-electron chi connectivity index (χ0n) is 8.73. The Hall–Kier alpha value is -1.97. The minimum absolute atomic E-state index is 0.646. The Bertz CT molecular complexity index is 494. The SMILES string of the molecule is Cc1ncc(-c2ccncc2N)c(C)n1. The van der Waals surface area contributed by atoms with E-state index >= 15 is 0 Å². The molecular formula is C11H12N4. The van der Waals surface area contributed by atoms with Gasteiger partial charge in [-0.1, -0.05) is 0 Å². The molecule has 0 amide bonds. The Morgan fingerprint density at radius 2 is 1.93 bits per heavy atom. The van der Waals surface area contributed by atoms with Gasteiger partial charge >= 0.3 is 0 Å². The molecule has 2 heterocycles. The van der Waals surface area contributed by atoms with E-state index in [4.69, 9.17) is 5.73 Å². The number of nitrogens with zero attached hydrogens (tertiary/aromatic N) is 3. The Balaban J connectivity index is 2.60. The average Bonchev–Trinajstić information content (AvgIpc) is 2.20. The van der Waals surface area contributed by atoms with E-state index in [1.807, 2.05) is 19.9 Å². The highest BCUT2D eigenvalue weighted by Gasteiger charge is 2.06. The van der Waals surface area contributed by atoms with Crippen LogP contribution in [-0.4, -0.2) is 15.0 Å². The van der Waals surface area contributed by atoms with Gasteiger partial charge in [0.25, 0.3) is 0 Å². The van der Waals surface area contributed by atoms with Gasteiger partial charge in [0, 0.05) is 29.2 Å². The first-order valence-corrected chi connectivity index (χ1v) is 4.68. The molecule has 2 aromatic rings. The Labute approximate surface area is 88.2 Å². The number of pyridine rings is 1. The van der Waals surface area contributed by atoms with Crippen LogP contribution in [0, 0.1) is 13.8 Å². The molecule has 0 aromatic carbocycles. The predicted octanol–water partition coefficient (Wildman–Crippen LogP) is 1.74. The van der Waals surface area contributed by atoms with Crippen LogP contribution in [0.3, 0.4) is 0 Å². The van der Waals surface area contributed by atoms with Gasteiger partial charge in [-0.25, -0.2) is 9.97 Å². The molecular weight excluding hydrogens is 188 g/mol. The van der Waals surface area contributed by atoms with Gasteiger partial charge in [-0.3, -0.25) is 4.98 Å². The number of aryl methyl sites for hydroxylation is 2. The van der Waals surface area contributed by atoms with Crippen LogP contribution in [0.4, 0.5) is 5.69 Å². The molecule has 0 aliphatic carbocycles. The molecule has 0 atom stereocenters. The molecule has 0 spiro atoms. The molecule has 2 rings (SSSR count). The normalized spacial score (nSPS) is 10.3. The number of hydrogen-bond acceptors (Lipinski definition) is 4. The van der Waals surface area contributed by atoms with E-state index < -0.39 is 0 Å². The highest BCUT2D eigenvalue weighted by molar-refractivity contribution is 5.76. The van der Waals surface area contributed by atoms with Crippen molar-refractivity contribution in [2.24, 2.45) is 0 Å². The third-order valence-corrected chi connectivity index (χ3v) is 2.24. The molecule has 0 aliphatic rings. The molecule has 0 bridgehead atoms. The molecule has 15 heavy (non-hydrogen) atoms. The maximum atomic E-state index is 5.84. The predicted molar refractivity (Wildman–Crippen MR) is 59.1 cm³/mol. The number of nitrogens with two attached hydrogens (primary N) is 1. The lowest BCUT2D eigenvalue weighted by atomic mass is 10.1. The number of anilines is 1. The van der Waals surface area contributed by atoms with Gasteiger partial charge in [-0.05, 0) is 19.9 Å². The Morgan fingerprint density at radius 3 is 2.60 bits per heavy atom. The molecule has 4 heteroatoms. The van der Waals surface area contributed by atoms with Crippen molar-refractivity contribution in [3.8, 4) is 11.1 Å². The number of hydrogen-bond donors (Lipinski definition) is 1. The summed E-state index contributed by atoms with van der Waals surface area (Å²) in [5.41, 5.74) is 9.31. The van der Waals surface area contributed by atoms with E-state index in [2.05, 4.69) is 15.0 Å². The highest BCUT2D eigenvalue weighted by atomic mass is 14.9. The fourth-order valence-electron chi connectivity index (χ4n) is 1.50. The zero-order valence-corrected chi connectivity index (χ0v) is 8.73. The topological polar surface area (TPSA) is 64.7 Å². The van der Waals surface area contributed by atoms with E-state index in [1.165, 1.54) is 0 Å². The zero-order chi connectivity index (χ0) is 10.8. The molecule has 76 valence electrons. The maximum Gasteiger partial charge on any atom is 0.125 e. The maximum absolute atomic E-state index is 5.84. The molecule has 0 fully saturated rings. The van der Waals surface area contributed by atoms with Gasteiger partial charge in [-0.2, -0.15) is 0 Å². The monoisotopic (exact) mass is 200 g/mol. The lowest BCUT2D eigenvalue weighted by Crippen LogP contribution is -1.97. The van der Waals surface area contributed by atoms with Crippen LogP contribution in [0.2, 0.25) is 0 Å². The van der Waals surface area contributed by atoms with Crippen molar-refractivity contribution in [3.05, 3.63) is 36.2 Å². The summed E-state index contributed by atoms with van der Waals surface area (Å²) in [7, 11) is 0. The van der Waals surface area contributed by atoms with Crippen molar-refractivity contribution in [2.75, 3.05) is 5.73 Å². The molecule has 0 unspecified atom stereocenters. The molecule has 0 saturated carbocycles. The summed E-state index contributed by atoms with van der Waals surface area (Å²) >= 11 is 0. The van der Waals surface area contributed by atoms with Crippen molar-refractivity contribution in [2.45, 2.75) is 13.8 Å². The van der Waals surface area contributed by atoms with Crippen LogP contribution in [-0.2, 0) is 0 Å². The summed E-state index contributed by atoms with van der Waals surface area (Å²) in [5.74, 6) is 0.767. The molecule has 0 aliphatic heterocycles. The van der Waals surface area contributed by atoms with Crippen LogP contribution in [0.25, 0.3) is 11.1 Å². The first-order valence-electron chi connectivity index (χ1n) is 4.68. The number of aromatic nitrogens is 3. The van der Waals surface area contributed by atoms with Crippen LogP contribution >= 0.6 is 0 Å². The van der Waals surface area contributed by atoms with E-state index in [9.17, 15) is 0 Å². The minimum atomic E-state index is 0.646. The van der Waals surface area contributed by atoms with Gasteiger partial charge < -0.3 is 5.73 Å². The van der Waals surface area contributed by atoms with Gasteiger partial charge in [0.05, 0.1) is 11.9 Å². The van der Waals surface area contributed by atoms with Crippen molar-refractivity contribution in [1.29, 1.82) is 0 Å². The van der Waals surface area contributed by atoms with Gasteiger partial charge in [0.2, 0.25) is 0 Å². The summed E-state index contributed by atoms with van der Waals surface area (Å²) in [5, 5.41) is 0. The van der Waals surface area contributed by atoms with E-state index in [0.717, 1.165) is 22.6 Å². The first-order chi connectivity index (χ1) is 7.18. The second-order valence-corrected chi connectivity index (χ2v) is 3.38. The van der Waals surface area contributed by atoms with Crippen LogP contribution in [0.15, 0.2) is 24.7 Å². The van der Waals surface area contributed by atoms with E-state index in [1.54, 1.807) is 18.6 Å². The Kier molecular flexibility index (Phi) is 2.33. The summed E-state index contributed by atoms with van der Waals surface area (Å²) in [6.45, 7) is 3.82. The summed E-state index contributed by atoms with van der Waals surface area (Å²) in [6, 6.07) is 1.87. The van der Waals surface area contributed by atoms with Crippen LogP contribution < -0.4 is 5.73 Å². The molecule has 0 saturated heterocycles. The van der Waals surface area contributed by atoms with Gasteiger partial charge in [-0.15, -0.1) is 0 Å². The first kappa shape index (κ1) is 9.58. The lowest BCUT2D eigenvalue weighted by molar-refractivity contribution is 1.01. The second-order valence-electron chi connectivity index (χ2n) is 3.38. The fourth-order valence-corrected chi connectivity index (χ4v) is 1.50. The van der Waals surface area contributed by atoms with E-state index in [0.29, 0.717) is 5.69 Å². The molecule has 4 nitrogen and oxygen atoms in total. The number of rotatable bonds is 1. The quantitative estimate of drug-likeness (QED) is 0.761. The lowest BCUT2D eigenvalue weighted by Gasteiger charge is -2.07. The third-order valence-electron chi connectivity index (χ3n) is 2.24. The van der Waals surface area contributed by atoms with Crippen molar-refractivity contribution in [3.63, 3.8) is 0 Å². The highest BCUT2D eigenvalue weighted by Crippen LogP contribution is 2.25. The minimum Gasteiger partial charge on any atom is -0.397 e. The van der Waals surface area contributed by atoms with Gasteiger partial charge in [0.1, 0.15) is 5.82 Å². The van der Waals surface area contributed by atoms with Crippen molar-refractivity contribution < 1.29 is 0 Å². The van der Waals surface area contributed by atoms with Crippen molar-refractivity contribution >= 4 is 5.69 Å².